The van der Waals surface area contributed by atoms with Gasteiger partial charge in [-0.1, -0.05) is 60.7 Å². The molecule has 0 saturated carbocycles. The summed E-state index contributed by atoms with van der Waals surface area (Å²) in [5.41, 5.74) is 2.74. The lowest BCUT2D eigenvalue weighted by Crippen LogP contribution is -2.41. The molecule has 3 nitrogen and oxygen atoms in total. The highest BCUT2D eigenvalue weighted by Gasteiger charge is 2.09. The van der Waals surface area contributed by atoms with E-state index in [1.165, 1.54) is 11.1 Å². The molecule has 0 spiro atoms. The highest BCUT2D eigenvalue weighted by molar-refractivity contribution is 5.85. The number of aliphatic hydroxyl groups is 1. The van der Waals surface area contributed by atoms with E-state index in [1.54, 1.807) is 0 Å². The molecule has 0 fully saturated rings. The van der Waals surface area contributed by atoms with Gasteiger partial charge in [0.1, 0.15) is 0 Å². The molecule has 0 heterocycles. The monoisotopic (exact) mass is 390 g/mol. The van der Waals surface area contributed by atoms with Crippen LogP contribution in [0.15, 0.2) is 60.7 Å². The van der Waals surface area contributed by atoms with E-state index in [0.29, 0.717) is 25.2 Å². The first-order chi connectivity index (χ1) is 12.6. The molecular formula is C23H35ClN2O. The van der Waals surface area contributed by atoms with Crippen molar-refractivity contribution in [2.75, 3.05) is 13.1 Å². The van der Waals surface area contributed by atoms with Crippen LogP contribution in [0.5, 0.6) is 0 Å². The van der Waals surface area contributed by atoms with Gasteiger partial charge in [-0.25, -0.2) is 0 Å². The molecule has 0 saturated heterocycles. The Labute approximate surface area is 171 Å². The van der Waals surface area contributed by atoms with E-state index >= 15 is 0 Å². The average Bonchev–Trinajstić information content (AvgIpc) is 2.69. The van der Waals surface area contributed by atoms with Gasteiger partial charge in [0.25, 0.3) is 0 Å². The van der Waals surface area contributed by atoms with E-state index in [9.17, 15) is 5.11 Å². The molecule has 0 aliphatic rings. The van der Waals surface area contributed by atoms with Crippen molar-refractivity contribution < 1.29 is 5.11 Å². The van der Waals surface area contributed by atoms with Crippen molar-refractivity contribution in [2.45, 2.75) is 57.7 Å². The zero-order chi connectivity index (χ0) is 18.6. The van der Waals surface area contributed by atoms with Crippen molar-refractivity contribution in [1.29, 1.82) is 0 Å². The minimum Gasteiger partial charge on any atom is -0.390 e. The fourth-order valence-electron chi connectivity index (χ4n) is 3.01. The molecule has 0 aliphatic carbocycles. The summed E-state index contributed by atoms with van der Waals surface area (Å²) in [4.78, 5) is 0. The quantitative estimate of drug-likeness (QED) is 0.513. The molecule has 2 atom stereocenters. The van der Waals surface area contributed by atoms with Crippen molar-refractivity contribution in [1.82, 2.24) is 10.6 Å². The first-order valence-corrected chi connectivity index (χ1v) is 9.86. The molecule has 2 rings (SSSR count). The molecule has 2 unspecified atom stereocenters. The van der Waals surface area contributed by atoms with Crippen LogP contribution in [-0.4, -0.2) is 36.4 Å². The third kappa shape index (κ3) is 10.5. The van der Waals surface area contributed by atoms with Crippen molar-refractivity contribution >= 4 is 12.4 Å². The Balaban J connectivity index is 0.00000364. The molecular weight excluding hydrogens is 356 g/mol. The molecule has 3 N–H and O–H groups in total. The van der Waals surface area contributed by atoms with E-state index in [2.05, 4.69) is 85.1 Å². The normalized spacial score (nSPS) is 14.2. The second-order valence-corrected chi connectivity index (χ2v) is 7.32. The van der Waals surface area contributed by atoms with Gasteiger partial charge in [-0.05, 0) is 50.7 Å². The maximum atomic E-state index is 10.2. The van der Waals surface area contributed by atoms with Gasteiger partial charge in [-0.15, -0.1) is 12.4 Å². The van der Waals surface area contributed by atoms with Crippen molar-refractivity contribution in [2.24, 2.45) is 0 Å². The summed E-state index contributed by atoms with van der Waals surface area (Å²) in [6.45, 7) is 5.64. The van der Waals surface area contributed by atoms with E-state index in [-0.39, 0.29) is 18.5 Å². The molecule has 0 amide bonds. The molecule has 0 bridgehead atoms. The zero-order valence-electron chi connectivity index (χ0n) is 16.6. The Kier molecular flexibility index (Phi) is 12.0. The molecule has 27 heavy (non-hydrogen) atoms. The van der Waals surface area contributed by atoms with Crippen LogP contribution in [0.25, 0.3) is 0 Å². The van der Waals surface area contributed by atoms with E-state index in [4.69, 9.17) is 0 Å². The third-order valence-electron chi connectivity index (χ3n) is 4.82. The molecule has 0 aliphatic heterocycles. The van der Waals surface area contributed by atoms with Crippen LogP contribution < -0.4 is 10.6 Å². The number of benzene rings is 2. The van der Waals surface area contributed by atoms with Gasteiger partial charge in [-0.3, -0.25) is 0 Å². The molecule has 4 heteroatoms. The highest BCUT2D eigenvalue weighted by Crippen LogP contribution is 2.06. The first kappa shape index (κ1) is 23.6. The minimum atomic E-state index is -0.353. The average molecular weight is 391 g/mol. The molecule has 0 radical (unpaired) electrons. The molecule has 0 aromatic heterocycles. The standard InChI is InChI=1S/C23H34N2O.ClH/c1-19(13-15-21-9-5-3-6-10-21)24-17-23(26)18-25-20(2)14-16-22-11-7-4-8-12-22;/h3-12,19-20,23-26H,13-18H2,1-2H3;1H. The maximum absolute atomic E-state index is 10.2. The van der Waals surface area contributed by atoms with E-state index < -0.39 is 0 Å². The van der Waals surface area contributed by atoms with Crippen LogP contribution in [0, 0.1) is 0 Å². The summed E-state index contributed by atoms with van der Waals surface area (Å²) in [5, 5.41) is 17.1. The summed E-state index contributed by atoms with van der Waals surface area (Å²) in [6.07, 6.45) is 3.95. The SMILES string of the molecule is CC(CCc1ccccc1)NCC(O)CNC(C)CCc1ccccc1.Cl. The fraction of sp³-hybridized carbons (Fsp3) is 0.478. The smallest absolute Gasteiger partial charge is 0.0788 e. The second kappa shape index (κ2) is 13.7. The Bertz CT molecular complexity index is 540. The Morgan fingerprint density at radius 3 is 1.44 bits per heavy atom. The van der Waals surface area contributed by atoms with E-state index in [0.717, 1.165) is 25.7 Å². The zero-order valence-corrected chi connectivity index (χ0v) is 17.4. The van der Waals surface area contributed by atoms with Crippen molar-refractivity contribution in [3.63, 3.8) is 0 Å². The van der Waals surface area contributed by atoms with Crippen LogP contribution in [0.2, 0.25) is 0 Å². The van der Waals surface area contributed by atoms with Crippen LogP contribution in [-0.2, 0) is 12.8 Å². The first-order valence-electron chi connectivity index (χ1n) is 9.86. The lowest BCUT2D eigenvalue weighted by Gasteiger charge is -2.20. The van der Waals surface area contributed by atoms with Gasteiger partial charge < -0.3 is 15.7 Å². The lowest BCUT2D eigenvalue weighted by atomic mass is 10.1. The Hall–Kier alpha value is -1.39. The molecule has 2 aromatic carbocycles. The van der Waals surface area contributed by atoms with Crippen molar-refractivity contribution in [3.05, 3.63) is 71.8 Å². The number of hydrogen-bond donors (Lipinski definition) is 3. The van der Waals surface area contributed by atoms with Gasteiger partial charge in [0.2, 0.25) is 0 Å². The van der Waals surface area contributed by atoms with Crippen LogP contribution >= 0.6 is 12.4 Å². The Morgan fingerprint density at radius 2 is 1.07 bits per heavy atom. The van der Waals surface area contributed by atoms with Gasteiger partial charge >= 0.3 is 0 Å². The third-order valence-corrected chi connectivity index (χ3v) is 4.82. The number of nitrogens with one attached hydrogen (secondary N) is 2. The maximum Gasteiger partial charge on any atom is 0.0788 e. The van der Waals surface area contributed by atoms with Gasteiger partial charge in [0.05, 0.1) is 6.10 Å². The number of hydrogen-bond acceptors (Lipinski definition) is 3. The predicted molar refractivity (Wildman–Crippen MR) is 118 cm³/mol. The van der Waals surface area contributed by atoms with Gasteiger partial charge in [0.15, 0.2) is 0 Å². The number of rotatable bonds is 12. The number of aryl methyl sites for hydroxylation is 2. The van der Waals surface area contributed by atoms with Gasteiger partial charge in [0, 0.05) is 25.2 Å². The fourth-order valence-corrected chi connectivity index (χ4v) is 3.01. The van der Waals surface area contributed by atoms with Gasteiger partial charge in [-0.2, -0.15) is 0 Å². The molecule has 2 aromatic rings. The summed E-state index contributed by atoms with van der Waals surface area (Å²) in [7, 11) is 0. The van der Waals surface area contributed by atoms with Crippen molar-refractivity contribution in [3.8, 4) is 0 Å². The predicted octanol–water partition coefficient (Wildman–Crippen LogP) is 3.99. The highest BCUT2D eigenvalue weighted by atomic mass is 35.5. The lowest BCUT2D eigenvalue weighted by molar-refractivity contribution is 0.160. The number of halogens is 1. The van der Waals surface area contributed by atoms with Crippen LogP contribution in [0.1, 0.15) is 37.8 Å². The summed E-state index contributed by atoms with van der Waals surface area (Å²) < 4.78 is 0. The Morgan fingerprint density at radius 1 is 0.704 bits per heavy atom. The summed E-state index contributed by atoms with van der Waals surface area (Å²) in [5.74, 6) is 0. The van der Waals surface area contributed by atoms with Crippen LogP contribution in [0.4, 0.5) is 0 Å². The summed E-state index contributed by atoms with van der Waals surface area (Å²) >= 11 is 0. The minimum absolute atomic E-state index is 0. The van der Waals surface area contributed by atoms with Crippen LogP contribution in [0.3, 0.4) is 0 Å². The topological polar surface area (TPSA) is 44.3 Å². The summed E-state index contributed by atoms with van der Waals surface area (Å²) in [6, 6.07) is 21.9. The van der Waals surface area contributed by atoms with E-state index in [1.807, 2.05) is 0 Å². The largest absolute Gasteiger partial charge is 0.390 e. The molecule has 150 valence electrons. The number of aliphatic hydroxyl groups excluding tert-OH is 1. The second-order valence-electron chi connectivity index (χ2n) is 7.32.